The molecule has 0 saturated carbocycles. The molecule has 0 spiro atoms. The molecule has 1 N–H and O–H groups in total. The van der Waals surface area contributed by atoms with E-state index in [1.807, 2.05) is 41.9 Å². The van der Waals surface area contributed by atoms with Gasteiger partial charge in [-0.1, -0.05) is 30.3 Å². The predicted molar refractivity (Wildman–Crippen MR) is 118 cm³/mol. The topological polar surface area (TPSA) is 83.6 Å². The van der Waals surface area contributed by atoms with Crippen molar-refractivity contribution in [2.75, 3.05) is 26.2 Å². The molecule has 2 aliphatic heterocycles. The maximum Gasteiger partial charge on any atom is 0.275 e. The molecular weight excluding hydrogens is 406 g/mol. The van der Waals surface area contributed by atoms with Gasteiger partial charge in [-0.2, -0.15) is 5.10 Å². The van der Waals surface area contributed by atoms with Crippen molar-refractivity contribution in [1.82, 2.24) is 24.9 Å². The van der Waals surface area contributed by atoms with Gasteiger partial charge in [0.25, 0.3) is 5.91 Å². The van der Waals surface area contributed by atoms with Crippen molar-refractivity contribution in [3.05, 3.63) is 76.5 Å². The third-order valence-corrected chi connectivity index (χ3v) is 6.09. The fraction of sp³-hybridized carbons (Fsp3) is 0.375. The molecule has 0 atom stereocenters. The number of amides is 2. The van der Waals surface area contributed by atoms with Crippen LogP contribution in [-0.4, -0.2) is 57.6 Å². The Morgan fingerprint density at radius 3 is 2.69 bits per heavy atom. The maximum absolute atomic E-state index is 13.4. The Kier molecular flexibility index (Phi) is 5.53. The van der Waals surface area contributed by atoms with Gasteiger partial charge in [-0.25, -0.2) is 0 Å². The van der Waals surface area contributed by atoms with Crippen LogP contribution in [0.2, 0.25) is 0 Å². The zero-order valence-electron chi connectivity index (χ0n) is 18.2. The van der Waals surface area contributed by atoms with Gasteiger partial charge in [0.1, 0.15) is 11.5 Å². The SMILES string of the molecule is Cc1ccc(CN2CCc3c(c(C(=O)N4CCNC(=O)C4)nn3Cc3ccccc3)C2)o1. The highest BCUT2D eigenvalue weighted by Gasteiger charge is 2.32. The standard InChI is InChI=1S/C24H27N5O3/c1-17-7-8-19(32-17)14-27-11-9-21-20(15-27)23(24(31)28-12-10-25-22(30)16-28)26-29(21)13-18-5-3-2-4-6-18/h2-8H,9-16H2,1H3,(H,25,30). The predicted octanol–water partition coefficient (Wildman–Crippen LogP) is 1.96. The quantitative estimate of drug-likeness (QED) is 0.665. The first-order valence-corrected chi connectivity index (χ1v) is 11.0. The van der Waals surface area contributed by atoms with E-state index in [9.17, 15) is 9.59 Å². The number of aromatic nitrogens is 2. The van der Waals surface area contributed by atoms with Crippen LogP contribution in [0, 0.1) is 6.92 Å². The second-order valence-electron chi connectivity index (χ2n) is 8.47. The van der Waals surface area contributed by atoms with E-state index < -0.39 is 0 Å². The number of hydrogen-bond donors (Lipinski definition) is 1. The van der Waals surface area contributed by atoms with E-state index in [4.69, 9.17) is 9.52 Å². The number of hydrogen-bond acceptors (Lipinski definition) is 5. The van der Waals surface area contributed by atoms with Gasteiger partial charge in [0.15, 0.2) is 5.69 Å². The van der Waals surface area contributed by atoms with Crippen LogP contribution in [-0.2, 0) is 30.8 Å². The Hall–Kier alpha value is -3.39. The molecule has 0 bridgehead atoms. The van der Waals surface area contributed by atoms with Gasteiger partial charge in [-0.3, -0.25) is 19.2 Å². The summed E-state index contributed by atoms with van der Waals surface area (Å²) in [6.07, 6.45) is 0.808. The summed E-state index contributed by atoms with van der Waals surface area (Å²) in [5, 5.41) is 7.55. The summed E-state index contributed by atoms with van der Waals surface area (Å²) in [5.74, 6) is 1.52. The molecule has 2 aliphatic rings. The molecule has 1 fully saturated rings. The van der Waals surface area contributed by atoms with Crippen molar-refractivity contribution in [2.24, 2.45) is 0 Å². The fourth-order valence-electron chi connectivity index (χ4n) is 4.49. The Morgan fingerprint density at radius 2 is 1.94 bits per heavy atom. The molecule has 0 radical (unpaired) electrons. The summed E-state index contributed by atoms with van der Waals surface area (Å²) in [4.78, 5) is 29.1. The number of piperazine rings is 1. The van der Waals surface area contributed by atoms with Gasteiger partial charge in [0.2, 0.25) is 5.91 Å². The zero-order valence-corrected chi connectivity index (χ0v) is 18.2. The number of carbonyl (C=O) groups excluding carboxylic acids is 2. The van der Waals surface area contributed by atoms with Crippen LogP contribution in [0.15, 0.2) is 46.9 Å². The van der Waals surface area contributed by atoms with Crippen LogP contribution in [0.4, 0.5) is 0 Å². The van der Waals surface area contributed by atoms with E-state index in [-0.39, 0.29) is 18.4 Å². The highest BCUT2D eigenvalue weighted by Crippen LogP contribution is 2.26. The van der Waals surface area contributed by atoms with E-state index >= 15 is 0 Å². The van der Waals surface area contributed by atoms with Crippen LogP contribution >= 0.6 is 0 Å². The Balaban J connectivity index is 1.45. The zero-order chi connectivity index (χ0) is 22.1. The minimum absolute atomic E-state index is 0.0779. The molecule has 1 saturated heterocycles. The summed E-state index contributed by atoms with van der Waals surface area (Å²) >= 11 is 0. The first-order valence-electron chi connectivity index (χ1n) is 11.0. The summed E-state index contributed by atoms with van der Waals surface area (Å²) in [7, 11) is 0. The number of aryl methyl sites for hydroxylation is 1. The lowest BCUT2D eigenvalue weighted by molar-refractivity contribution is -0.123. The van der Waals surface area contributed by atoms with Crippen LogP contribution in [0.1, 0.15) is 38.8 Å². The number of carbonyl (C=O) groups is 2. The van der Waals surface area contributed by atoms with Gasteiger partial charge in [0.05, 0.1) is 19.6 Å². The minimum Gasteiger partial charge on any atom is -0.465 e. The van der Waals surface area contributed by atoms with Gasteiger partial charge in [-0.05, 0) is 24.6 Å². The van der Waals surface area contributed by atoms with Gasteiger partial charge < -0.3 is 14.6 Å². The second kappa shape index (κ2) is 8.63. The van der Waals surface area contributed by atoms with Crippen molar-refractivity contribution in [1.29, 1.82) is 0 Å². The van der Waals surface area contributed by atoms with Gasteiger partial charge >= 0.3 is 0 Å². The largest absolute Gasteiger partial charge is 0.465 e. The third kappa shape index (κ3) is 4.18. The molecule has 2 aromatic heterocycles. The van der Waals surface area contributed by atoms with Crippen molar-refractivity contribution < 1.29 is 14.0 Å². The summed E-state index contributed by atoms with van der Waals surface area (Å²) in [6.45, 7) is 5.80. The summed E-state index contributed by atoms with van der Waals surface area (Å²) in [5.41, 5.74) is 3.67. The Morgan fingerprint density at radius 1 is 1.09 bits per heavy atom. The number of nitrogens with one attached hydrogen (secondary N) is 1. The molecule has 32 heavy (non-hydrogen) atoms. The van der Waals surface area contributed by atoms with Crippen molar-refractivity contribution in [3.63, 3.8) is 0 Å². The first kappa shape index (κ1) is 20.5. The number of nitrogens with zero attached hydrogens (tertiary/aromatic N) is 4. The average Bonchev–Trinajstić information content (AvgIpc) is 3.37. The first-order chi connectivity index (χ1) is 15.6. The Bertz CT molecular complexity index is 1130. The van der Waals surface area contributed by atoms with E-state index in [1.54, 1.807) is 4.90 Å². The fourth-order valence-corrected chi connectivity index (χ4v) is 4.49. The molecular formula is C24H27N5O3. The van der Waals surface area contributed by atoms with E-state index in [0.717, 1.165) is 41.3 Å². The lowest BCUT2D eigenvalue weighted by atomic mass is 10.0. The number of fused-ring (bicyclic) bond motifs is 1. The highest BCUT2D eigenvalue weighted by atomic mass is 16.3. The molecule has 4 heterocycles. The van der Waals surface area contributed by atoms with E-state index in [2.05, 4.69) is 22.3 Å². The molecule has 1 aromatic carbocycles. The number of benzene rings is 1. The lowest BCUT2D eigenvalue weighted by Crippen LogP contribution is -2.50. The van der Waals surface area contributed by atoms with Crippen molar-refractivity contribution in [3.8, 4) is 0 Å². The molecule has 5 rings (SSSR count). The molecule has 166 valence electrons. The van der Waals surface area contributed by atoms with E-state index in [1.165, 1.54) is 0 Å². The normalized spacial score (nSPS) is 16.7. The molecule has 3 aromatic rings. The number of rotatable bonds is 5. The molecule has 2 amide bonds. The van der Waals surface area contributed by atoms with Crippen LogP contribution < -0.4 is 5.32 Å². The van der Waals surface area contributed by atoms with Gasteiger partial charge in [0, 0.05) is 43.9 Å². The third-order valence-electron chi connectivity index (χ3n) is 6.09. The second-order valence-corrected chi connectivity index (χ2v) is 8.47. The molecule has 0 aliphatic carbocycles. The average molecular weight is 434 g/mol. The van der Waals surface area contributed by atoms with Gasteiger partial charge in [-0.15, -0.1) is 0 Å². The monoisotopic (exact) mass is 433 g/mol. The Labute approximate surface area is 186 Å². The maximum atomic E-state index is 13.4. The van der Waals surface area contributed by atoms with Crippen LogP contribution in [0.3, 0.4) is 0 Å². The van der Waals surface area contributed by atoms with Crippen molar-refractivity contribution >= 4 is 11.8 Å². The van der Waals surface area contributed by atoms with Crippen LogP contribution in [0.25, 0.3) is 0 Å². The lowest BCUT2D eigenvalue weighted by Gasteiger charge is -2.28. The summed E-state index contributed by atoms with van der Waals surface area (Å²) < 4.78 is 7.73. The highest BCUT2D eigenvalue weighted by molar-refractivity contribution is 5.97. The minimum atomic E-state index is -0.168. The molecule has 8 heteroatoms. The summed E-state index contributed by atoms with van der Waals surface area (Å²) in [6, 6.07) is 14.1. The van der Waals surface area contributed by atoms with Crippen molar-refractivity contribution in [2.45, 2.75) is 33.0 Å². The van der Waals surface area contributed by atoms with E-state index in [0.29, 0.717) is 38.4 Å². The molecule has 8 nitrogen and oxygen atoms in total. The smallest absolute Gasteiger partial charge is 0.275 e. The molecule has 0 unspecified atom stereocenters. The number of furan rings is 1. The van der Waals surface area contributed by atoms with Crippen LogP contribution in [0.5, 0.6) is 0 Å².